The van der Waals surface area contributed by atoms with E-state index in [0.29, 0.717) is 24.6 Å². The first-order valence-corrected chi connectivity index (χ1v) is 11.2. The van der Waals surface area contributed by atoms with Crippen molar-refractivity contribution in [1.82, 2.24) is 14.7 Å². The summed E-state index contributed by atoms with van der Waals surface area (Å²) in [7, 11) is -2.15. The molecule has 0 aliphatic carbocycles. The first kappa shape index (κ1) is 20.4. The Balaban J connectivity index is 1.75. The summed E-state index contributed by atoms with van der Waals surface area (Å²) in [6.07, 6.45) is 0.0506. The highest BCUT2D eigenvalue weighted by molar-refractivity contribution is 7.89. The van der Waals surface area contributed by atoms with E-state index in [1.807, 2.05) is 30.6 Å². The lowest BCUT2D eigenvalue weighted by molar-refractivity contribution is -0.136. The first-order valence-electron chi connectivity index (χ1n) is 9.63. The standard InChI is InChI=1S/C19H24N6O4S/c1-5-10-23-17(26)15-16(22(4)19(23)27)21-18-24(11(2)12(3)25(15)18)13-6-8-14(9-7-13)30(20,28)29/h6-9,15-16H,5,10H2,1-4H3,(H2,20,28,29). The fourth-order valence-electron chi connectivity index (χ4n) is 4.14. The molecular weight excluding hydrogens is 408 g/mol. The van der Waals surface area contributed by atoms with Gasteiger partial charge in [-0.15, -0.1) is 0 Å². The van der Waals surface area contributed by atoms with Crippen LogP contribution < -0.4 is 10.0 Å². The smallest absolute Gasteiger partial charge is 0.302 e. The fourth-order valence-corrected chi connectivity index (χ4v) is 4.65. The van der Waals surface area contributed by atoms with Crippen LogP contribution in [0, 0.1) is 0 Å². The second kappa shape index (κ2) is 6.81. The van der Waals surface area contributed by atoms with Crippen LogP contribution >= 0.6 is 0 Å². The Hall–Kier alpha value is -2.92. The molecule has 2 atom stereocenters. The molecule has 1 aromatic carbocycles. The number of hydrogen-bond acceptors (Lipinski definition) is 7. The molecule has 0 saturated carbocycles. The van der Waals surface area contributed by atoms with Crippen molar-refractivity contribution in [3.63, 3.8) is 0 Å². The minimum absolute atomic E-state index is 0.0124. The quantitative estimate of drug-likeness (QED) is 0.760. The summed E-state index contributed by atoms with van der Waals surface area (Å²) < 4.78 is 23.1. The van der Waals surface area contributed by atoms with E-state index in [1.165, 1.54) is 21.9 Å². The summed E-state index contributed by atoms with van der Waals surface area (Å²) >= 11 is 0. The number of rotatable bonds is 4. The monoisotopic (exact) mass is 432 g/mol. The van der Waals surface area contributed by atoms with Gasteiger partial charge in [-0.1, -0.05) is 6.92 Å². The number of aliphatic imine (C=N–C) groups is 1. The van der Waals surface area contributed by atoms with Crippen molar-refractivity contribution in [1.29, 1.82) is 0 Å². The Kier molecular flexibility index (Phi) is 4.62. The van der Waals surface area contributed by atoms with Crippen LogP contribution in [0.1, 0.15) is 27.2 Å². The van der Waals surface area contributed by atoms with E-state index in [4.69, 9.17) is 10.1 Å². The highest BCUT2D eigenvalue weighted by Gasteiger charge is 2.55. The molecule has 1 aromatic rings. The number of hydrogen-bond donors (Lipinski definition) is 1. The lowest BCUT2D eigenvalue weighted by Gasteiger charge is -2.40. The lowest BCUT2D eigenvalue weighted by atomic mass is 10.1. The number of imide groups is 1. The predicted octanol–water partition coefficient (Wildman–Crippen LogP) is 1.08. The summed E-state index contributed by atoms with van der Waals surface area (Å²) in [5.41, 5.74) is 2.40. The number of allylic oxidation sites excluding steroid dienone is 2. The van der Waals surface area contributed by atoms with E-state index < -0.39 is 22.2 Å². The number of nitrogens with two attached hydrogens (primary N) is 1. The zero-order chi connectivity index (χ0) is 22.0. The molecule has 3 amide bonds. The Morgan fingerprint density at radius 2 is 1.73 bits per heavy atom. The zero-order valence-corrected chi connectivity index (χ0v) is 18.0. The number of benzene rings is 1. The highest BCUT2D eigenvalue weighted by atomic mass is 32.2. The summed E-state index contributed by atoms with van der Waals surface area (Å²) in [5.74, 6) is 0.275. The number of carbonyl (C=O) groups excluding carboxylic acids is 2. The zero-order valence-electron chi connectivity index (χ0n) is 17.2. The molecule has 4 rings (SSSR count). The van der Waals surface area contributed by atoms with Gasteiger partial charge in [0.25, 0.3) is 5.91 Å². The van der Waals surface area contributed by atoms with Crippen LogP contribution in [0.25, 0.3) is 0 Å². The van der Waals surface area contributed by atoms with Crippen molar-refractivity contribution in [2.45, 2.75) is 44.3 Å². The SMILES string of the molecule is CCCN1C(=O)C2C(N=C3N(c4ccc(S(N)(=O)=O)cc4)C(C)=C(C)N32)N(C)C1=O. The molecule has 10 nitrogen and oxygen atoms in total. The molecule has 1 saturated heterocycles. The van der Waals surface area contributed by atoms with Crippen LogP contribution in [0.2, 0.25) is 0 Å². The topological polar surface area (TPSA) is 120 Å². The molecular formula is C19H24N6O4S. The molecule has 11 heteroatoms. The number of fused-ring (bicyclic) bond motifs is 3. The summed E-state index contributed by atoms with van der Waals surface area (Å²) in [4.78, 5) is 37.1. The van der Waals surface area contributed by atoms with Crippen molar-refractivity contribution < 1.29 is 18.0 Å². The Morgan fingerprint density at radius 3 is 2.30 bits per heavy atom. The van der Waals surface area contributed by atoms with Crippen LogP contribution in [0.5, 0.6) is 0 Å². The number of likely N-dealkylation sites (N-methyl/N-ethyl adjacent to an activating group) is 1. The Labute approximate surface area is 175 Å². The minimum atomic E-state index is -3.80. The normalized spacial score (nSPS) is 24.0. The minimum Gasteiger partial charge on any atom is -0.302 e. The number of amides is 3. The predicted molar refractivity (Wildman–Crippen MR) is 111 cm³/mol. The molecule has 0 spiro atoms. The average molecular weight is 433 g/mol. The van der Waals surface area contributed by atoms with E-state index in [0.717, 1.165) is 11.4 Å². The van der Waals surface area contributed by atoms with Gasteiger partial charge in [0.05, 0.1) is 4.90 Å². The largest absolute Gasteiger partial charge is 0.328 e. The number of sulfonamides is 1. The molecule has 30 heavy (non-hydrogen) atoms. The molecule has 2 N–H and O–H groups in total. The fraction of sp³-hybridized carbons (Fsp3) is 0.421. The van der Waals surface area contributed by atoms with Crippen molar-refractivity contribution >= 4 is 33.6 Å². The number of urea groups is 1. The Morgan fingerprint density at radius 1 is 1.10 bits per heavy atom. The van der Waals surface area contributed by atoms with Crippen LogP contribution in [-0.4, -0.2) is 66.8 Å². The molecule has 3 heterocycles. The third-order valence-electron chi connectivity index (χ3n) is 5.76. The first-order chi connectivity index (χ1) is 14.1. The molecule has 3 aliphatic rings. The van der Waals surface area contributed by atoms with Crippen LogP contribution in [0.3, 0.4) is 0 Å². The van der Waals surface area contributed by atoms with Gasteiger partial charge in [0.15, 0.2) is 12.2 Å². The summed E-state index contributed by atoms with van der Waals surface area (Å²) in [6.45, 7) is 6.08. The number of guanidine groups is 1. The second-order valence-corrected chi connectivity index (χ2v) is 9.15. The molecule has 160 valence electrons. The third-order valence-corrected chi connectivity index (χ3v) is 6.69. The van der Waals surface area contributed by atoms with Crippen LogP contribution in [0.15, 0.2) is 45.5 Å². The van der Waals surface area contributed by atoms with Gasteiger partial charge in [-0.2, -0.15) is 0 Å². The lowest BCUT2D eigenvalue weighted by Crippen LogP contribution is -2.64. The van der Waals surface area contributed by atoms with Crippen molar-refractivity contribution in [2.75, 3.05) is 18.5 Å². The Bertz CT molecular complexity index is 1090. The van der Waals surface area contributed by atoms with E-state index in [-0.39, 0.29) is 16.8 Å². The van der Waals surface area contributed by atoms with Gasteiger partial charge in [0.2, 0.25) is 16.0 Å². The van der Waals surface area contributed by atoms with Gasteiger partial charge < -0.3 is 4.90 Å². The second-order valence-electron chi connectivity index (χ2n) is 7.59. The molecule has 0 radical (unpaired) electrons. The van der Waals surface area contributed by atoms with Gasteiger partial charge in [0, 0.05) is 30.7 Å². The number of primary sulfonamides is 1. The maximum atomic E-state index is 13.2. The van der Waals surface area contributed by atoms with Gasteiger partial charge in [-0.25, -0.2) is 23.3 Å². The third kappa shape index (κ3) is 2.80. The summed E-state index contributed by atoms with van der Waals surface area (Å²) in [5, 5.41) is 5.19. The summed E-state index contributed by atoms with van der Waals surface area (Å²) in [6, 6.07) is 5.17. The maximum Gasteiger partial charge on any atom is 0.328 e. The maximum absolute atomic E-state index is 13.2. The molecule has 3 aliphatic heterocycles. The van der Waals surface area contributed by atoms with E-state index >= 15 is 0 Å². The van der Waals surface area contributed by atoms with E-state index in [2.05, 4.69) is 0 Å². The van der Waals surface area contributed by atoms with Gasteiger partial charge in [-0.3, -0.25) is 19.5 Å². The molecule has 2 unspecified atom stereocenters. The van der Waals surface area contributed by atoms with Crippen molar-refractivity contribution in [2.24, 2.45) is 10.1 Å². The van der Waals surface area contributed by atoms with Gasteiger partial charge in [0.1, 0.15) is 0 Å². The van der Waals surface area contributed by atoms with Gasteiger partial charge >= 0.3 is 6.03 Å². The van der Waals surface area contributed by atoms with E-state index in [9.17, 15) is 18.0 Å². The van der Waals surface area contributed by atoms with Crippen LogP contribution in [-0.2, 0) is 14.8 Å². The average Bonchev–Trinajstić information content (AvgIpc) is 3.19. The number of nitrogens with zero attached hydrogens (tertiary/aromatic N) is 5. The van der Waals surface area contributed by atoms with Gasteiger partial charge in [-0.05, 0) is 44.5 Å². The molecule has 0 aromatic heterocycles. The van der Waals surface area contributed by atoms with Crippen LogP contribution in [0.4, 0.5) is 10.5 Å². The number of anilines is 1. The molecule has 1 fully saturated rings. The molecule has 0 bridgehead atoms. The van der Waals surface area contributed by atoms with Crippen molar-refractivity contribution in [3.8, 4) is 0 Å². The van der Waals surface area contributed by atoms with E-state index in [1.54, 1.807) is 19.2 Å². The van der Waals surface area contributed by atoms with Crippen molar-refractivity contribution in [3.05, 3.63) is 35.7 Å². The highest BCUT2D eigenvalue weighted by Crippen LogP contribution is 2.40. The number of carbonyl (C=O) groups is 2.